The first-order valence-electron chi connectivity index (χ1n) is 6.98. The zero-order valence-corrected chi connectivity index (χ0v) is 11.9. The minimum atomic E-state index is -0.772. The highest BCUT2D eigenvalue weighted by atomic mass is 16.5. The lowest BCUT2D eigenvalue weighted by Gasteiger charge is -2.06. The Morgan fingerprint density at radius 3 is 2.61 bits per heavy atom. The minimum absolute atomic E-state index is 0.0615. The van der Waals surface area contributed by atoms with Crippen molar-refractivity contribution in [3.8, 4) is 22.4 Å². The van der Waals surface area contributed by atoms with Crippen molar-refractivity contribution in [2.75, 3.05) is 0 Å². The molecule has 2 N–H and O–H groups in total. The van der Waals surface area contributed by atoms with Crippen LogP contribution in [0.3, 0.4) is 0 Å². The van der Waals surface area contributed by atoms with Gasteiger partial charge in [-0.1, -0.05) is 24.3 Å². The van der Waals surface area contributed by atoms with Crippen LogP contribution in [0.2, 0.25) is 0 Å². The van der Waals surface area contributed by atoms with Crippen molar-refractivity contribution in [3.63, 3.8) is 0 Å². The highest BCUT2D eigenvalue weighted by Crippen LogP contribution is 2.31. The van der Waals surface area contributed by atoms with Crippen molar-refractivity contribution in [1.82, 2.24) is 9.38 Å². The van der Waals surface area contributed by atoms with E-state index in [4.69, 9.17) is 10.2 Å². The third kappa shape index (κ3) is 2.17. The molecule has 0 atom stereocenters. The molecule has 0 aliphatic heterocycles. The summed E-state index contributed by atoms with van der Waals surface area (Å²) < 4.78 is 3.13. The van der Waals surface area contributed by atoms with Gasteiger partial charge in [-0.25, -0.2) is 4.98 Å². The molecule has 0 amide bonds. The van der Waals surface area contributed by atoms with E-state index in [1.54, 1.807) is 33.6 Å². The molecule has 0 spiro atoms. The predicted octanol–water partition coefficient (Wildman–Crippen LogP) is 2.06. The molecule has 0 fully saturated rings. The van der Waals surface area contributed by atoms with E-state index >= 15 is 0 Å². The molecule has 0 saturated heterocycles. The Morgan fingerprint density at radius 1 is 1.13 bits per heavy atom. The van der Waals surface area contributed by atoms with E-state index in [0.717, 1.165) is 22.4 Å². The first kappa shape index (κ1) is 13.3. The third-order valence-electron chi connectivity index (χ3n) is 3.71. The maximum atomic E-state index is 11.6. The maximum Gasteiger partial charge on any atom is 0.341 e. The van der Waals surface area contributed by atoms with Gasteiger partial charge in [-0.2, -0.15) is 4.57 Å². The fourth-order valence-electron chi connectivity index (χ4n) is 2.67. The molecule has 0 saturated carbocycles. The Labute approximate surface area is 130 Å². The fraction of sp³-hybridized carbons (Fsp3) is 0. The summed E-state index contributed by atoms with van der Waals surface area (Å²) in [6, 6.07) is 11.4. The topological polar surface area (TPSA) is 78.7 Å². The number of aliphatic hydroxyl groups is 2. The highest BCUT2D eigenvalue weighted by molar-refractivity contribution is 5.83. The van der Waals surface area contributed by atoms with Gasteiger partial charge in [0.2, 0.25) is 5.65 Å². The molecule has 3 heterocycles. The molecule has 0 aliphatic rings. The van der Waals surface area contributed by atoms with Gasteiger partial charge in [0, 0.05) is 17.2 Å². The van der Waals surface area contributed by atoms with E-state index in [-0.39, 0.29) is 5.56 Å². The van der Waals surface area contributed by atoms with E-state index in [9.17, 15) is 4.79 Å². The number of hydrogen-bond acceptors (Lipinski definition) is 4. The molecular weight excluding hydrogens is 294 g/mol. The lowest BCUT2D eigenvalue weighted by molar-refractivity contribution is -0.569. The third-order valence-corrected chi connectivity index (χ3v) is 3.71. The average Bonchev–Trinajstić information content (AvgIpc) is 2.98. The van der Waals surface area contributed by atoms with Crippen LogP contribution in [-0.2, 0) is 0 Å². The van der Waals surface area contributed by atoms with Gasteiger partial charge in [-0.05, 0) is 11.6 Å². The van der Waals surface area contributed by atoms with Crippen molar-refractivity contribution < 1.29 is 14.8 Å². The van der Waals surface area contributed by atoms with Crippen molar-refractivity contribution in [2.45, 2.75) is 0 Å². The van der Waals surface area contributed by atoms with Crippen LogP contribution < -0.4 is 10.1 Å². The molecule has 0 bridgehead atoms. The molecule has 23 heavy (non-hydrogen) atoms. The van der Waals surface area contributed by atoms with E-state index in [1.807, 2.05) is 30.3 Å². The molecule has 6 nitrogen and oxygen atoms in total. The van der Waals surface area contributed by atoms with Gasteiger partial charge in [-0.15, -0.1) is 0 Å². The molecule has 0 aliphatic carbocycles. The fourth-order valence-corrected chi connectivity index (χ4v) is 2.67. The summed E-state index contributed by atoms with van der Waals surface area (Å²) in [5, 5.41) is 18.0. The van der Waals surface area contributed by atoms with Crippen molar-refractivity contribution in [3.05, 3.63) is 71.3 Å². The van der Waals surface area contributed by atoms with Crippen LogP contribution in [0.1, 0.15) is 0 Å². The number of aliphatic hydroxyl groups excluding tert-OH is 1. The standard InChI is InChI=1S/C17H11N3O3/c21-15(22)10-19-7-3-4-11(9-19)12-5-1-2-6-13(12)14-8-18-16-17(23)20(14)16/h1-10H,(H-,21,22)/p+1. The largest absolute Gasteiger partial charge is 0.477 e. The smallest absolute Gasteiger partial charge is 0.341 e. The molecule has 0 unspecified atom stereocenters. The van der Waals surface area contributed by atoms with Gasteiger partial charge < -0.3 is 10.2 Å². The predicted molar refractivity (Wildman–Crippen MR) is 84.4 cm³/mol. The minimum Gasteiger partial charge on any atom is -0.477 e. The summed E-state index contributed by atoms with van der Waals surface area (Å²) in [6.45, 7) is 0. The van der Waals surface area contributed by atoms with Crippen LogP contribution >= 0.6 is 0 Å². The van der Waals surface area contributed by atoms with Crippen molar-refractivity contribution >= 4 is 11.8 Å². The van der Waals surface area contributed by atoms with Gasteiger partial charge in [0.15, 0.2) is 12.4 Å². The SMILES string of the molecule is O=c1c2ncc(-c3ccccc3-c3ccc[n+](C=C(O)O)c3)n12. The molecule has 0 radical (unpaired) electrons. The zero-order chi connectivity index (χ0) is 16.0. The Kier molecular flexibility index (Phi) is 2.77. The number of imidazole rings is 1. The Morgan fingerprint density at radius 2 is 1.91 bits per heavy atom. The summed E-state index contributed by atoms with van der Waals surface area (Å²) in [4.78, 5) is 15.7. The van der Waals surface area contributed by atoms with Crippen molar-refractivity contribution in [1.29, 1.82) is 0 Å². The van der Waals surface area contributed by atoms with Crippen LogP contribution in [0.15, 0.2) is 65.7 Å². The normalized spacial score (nSPS) is 11.1. The second-order valence-corrected chi connectivity index (χ2v) is 5.18. The zero-order valence-electron chi connectivity index (χ0n) is 11.9. The van der Waals surface area contributed by atoms with E-state index in [1.165, 1.54) is 6.20 Å². The van der Waals surface area contributed by atoms with Gasteiger partial charge in [0.25, 0.3) is 6.20 Å². The number of pyridine rings is 1. The number of rotatable bonds is 3. The van der Waals surface area contributed by atoms with Crippen LogP contribution in [0.4, 0.5) is 0 Å². The van der Waals surface area contributed by atoms with Gasteiger partial charge in [0.1, 0.15) is 0 Å². The van der Waals surface area contributed by atoms with Gasteiger partial charge in [0.05, 0.1) is 11.9 Å². The summed E-state index contributed by atoms with van der Waals surface area (Å²) in [5.41, 5.74) is 3.88. The highest BCUT2D eigenvalue weighted by Gasteiger charge is 2.21. The second kappa shape index (κ2) is 4.81. The molecule has 112 valence electrons. The molecule has 3 aromatic heterocycles. The number of fused-ring (bicyclic) bond motifs is 1. The van der Waals surface area contributed by atoms with E-state index in [0.29, 0.717) is 5.65 Å². The Bertz CT molecular complexity index is 1060. The molecular formula is C17H12N3O3+. The molecule has 4 rings (SSSR count). The van der Waals surface area contributed by atoms with Crippen LogP contribution in [0.5, 0.6) is 0 Å². The molecule has 4 aromatic rings. The van der Waals surface area contributed by atoms with E-state index in [2.05, 4.69) is 4.98 Å². The summed E-state index contributed by atoms with van der Waals surface area (Å²) >= 11 is 0. The summed E-state index contributed by atoms with van der Waals surface area (Å²) in [5.74, 6) is -0.772. The maximum absolute atomic E-state index is 11.6. The quantitative estimate of drug-likeness (QED) is 0.448. The number of nitrogens with zero attached hydrogens (tertiary/aromatic N) is 3. The Balaban J connectivity index is 1.88. The van der Waals surface area contributed by atoms with Crippen LogP contribution in [-0.4, -0.2) is 19.6 Å². The Hall–Kier alpha value is -3.41. The second-order valence-electron chi connectivity index (χ2n) is 5.18. The van der Waals surface area contributed by atoms with Crippen LogP contribution in [0, 0.1) is 0 Å². The first-order chi connectivity index (χ1) is 11.1. The van der Waals surface area contributed by atoms with Crippen molar-refractivity contribution in [2.24, 2.45) is 0 Å². The summed E-state index contributed by atoms with van der Waals surface area (Å²) in [7, 11) is 0. The molecule has 1 aromatic carbocycles. The van der Waals surface area contributed by atoms with E-state index < -0.39 is 5.95 Å². The van der Waals surface area contributed by atoms with Gasteiger partial charge in [-0.3, -0.25) is 9.20 Å². The molecule has 6 heteroatoms. The number of hydrogen-bond donors (Lipinski definition) is 2. The monoisotopic (exact) mass is 306 g/mol. The summed E-state index contributed by atoms with van der Waals surface area (Å²) in [6.07, 6.45) is 6.34. The number of aromatic nitrogens is 3. The van der Waals surface area contributed by atoms with Crippen LogP contribution in [0.25, 0.3) is 34.2 Å². The lowest BCUT2D eigenvalue weighted by atomic mass is 9.99. The number of benzene rings is 1. The first-order valence-corrected chi connectivity index (χ1v) is 6.98. The average molecular weight is 306 g/mol. The lowest BCUT2D eigenvalue weighted by Crippen LogP contribution is -2.25. The van der Waals surface area contributed by atoms with Gasteiger partial charge >= 0.3 is 11.5 Å².